The van der Waals surface area contributed by atoms with Crippen LogP contribution in [-0.4, -0.2) is 56.1 Å². The van der Waals surface area contributed by atoms with Gasteiger partial charge in [-0.25, -0.2) is 9.78 Å². The molecule has 4 heterocycles. The van der Waals surface area contributed by atoms with E-state index in [2.05, 4.69) is 34.4 Å². The number of aromatic amines is 1. The normalized spacial score (nSPS) is 20.8. The zero-order valence-corrected chi connectivity index (χ0v) is 17.9. The molecule has 2 unspecified atom stereocenters. The van der Waals surface area contributed by atoms with Crippen LogP contribution >= 0.6 is 0 Å². The molecule has 2 atom stereocenters. The van der Waals surface area contributed by atoms with Crippen molar-refractivity contribution in [1.29, 1.82) is 0 Å². The maximum Gasteiger partial charge on any atom is 0.328 e. The SMILES string of the molecule is CC(C)n1c(N2CC3CN(C(=O)c4c[nH]c(=O)n(C)c4=O)CC3C2)nc2ccccc21. The van der Waals surface area contributed by atoms with Crippen molar-refractivity contribution in [2.75, 3.05) is 31.1 Å². The summed E-state index contributed by atoms with van der Waals surface area (Å²) in [6.07, 6.45) is 1.23. The molecule has 0 aliphatic carbocycles. The van der Waals surface area contributed by atoms with Crippen molar-refractivity contribution in [3.63, 3.8) is 0 Å². The first-order valence-electron chi connectivity index (χ1n) is 10.6. The molecule has 3 aromatic rings. The molecule has 0 bridgehead atoms. The van der Waals surface area contributed by atoms with Crippen LogP contribution in [0.4, 0.5) is 5.95 Å². The van der Waals surface area contributed by atoms with E-state index in [0.29, 0.717) is 24.9 Å². The second-order valence-corrected chi connectivity index (χ2v) is 8.87. The summed E-state index contributed by atoms with van der Waals surface area (Å²) in [5.41, 5.74) is 1.06. The van der Waals surface area contributed by atoms with E-state index in [-0.39, 0.29) is 17.5 Å². The summed E-state index contributed by atoms with van der Waals surface area (Å²) in [6, 6.07) is 8.48. The van der Waals surface area contributed by atoms with E-state index >= 15 is 0 Å². The van der Waals surface area contributed by atoms with Crippen molar-refractivity contribution in [2.45, 2.75) is 19.9 Å². The number of fused-ring (bicyclic) bond motifs is 2. The van der Waals surface area contributed by atoms with Crippen LogP contribution in [0.1, 0.15) is 30.2 Å². The molecule has 0 saturated carbocycles. The molecule has 1 amide bonds. The predicted molar refractivity (Wildman–Crippen MR) is 118 cm³/mol. The molecule has 0 spiro atoms. The summed E-state index contributed by atoms with van der Waals surface area (Å²) >= 11 is 0. The topological polar surface area (TPSA) is 96.2 Å². The van der Waals surface area contributed by atoms with Gasteiger partial charge in [0.2, 0.25) is 5.95 Å². The Hall–Kier alpha value is -3.36. The van der Waals surface area contributed by atoms with E-state index in [1.54, 1.807) is 4.90 Å². The number of carbonyl (C=O) groups is 1. The molecule has 9 nitrogen and oxygen atoms in total. The number of benzene rings is 1. The second-order valence-electron chi connectivity index (χ2n) is 8.87. The quantitative estimate of drug-likeness (QED) is 0.685. The lowest BCUT2D eigenvalue weighted by molar-refractivity contribution is 0.0779. The highest BCUT2D eigenvalue weighted by atomic mass is 16.2. The largest absolute Gasteiger partial charge is 0.342 e. The number of rotatable bonds is 3. The van der Waals surface area contributed by atoms with E-state index in [1.165, 1.54) is 13.2 Å². The van der Waals surface area contributed by atoms with Crippen LogP contribution in [0.2, 0.25) is 0 Å². The molecule has 2 fully saturated rings. The highest BCUT2D eigenvalue weighted by Gasteiger charge is 2.43. The maximum absolute atomic E-state index is 12.9. The number of carbonyl (C=O) groups excluding carboxylic acids is 1. The molecule has 1 N–H and O–H groups in total. The van der Waals surface area contributed by atoms with Crippen molar-refractivity contribution in [2.24, 2.45) is 18.9 Å². The Morgan fingerprint density at radius 2 is 1.77 bits per heavy atom. The third-order valence-electron chi connectivity index (χ3n) is 6.56. The van der Waals surface area contributed by atoms with Crippen LogP contribution < -0.4 is 16.1 Å². The van der Waals surface area contributed by atoms with Crippen molar-refractivity contribution in [1.82, 2.24) is 24.0 Å². The summed E-state index contributed by atoms with van der Waals surface area (Å²) < 4.78 is 3.21. The molecule has 0 radical (unpaired) electrons. The van der Waals surface area contributed by atoms with Crippen LogP contribution in [-0.2, 0) is 7.05 Å². The number of amides is 1. The molecule has 31 heavy (non-hydrogen) atoms. The number of hydrogen-bond acceptors (Lipinski definition) is 5. The van der Waals surface area contributed by atoms with E-state index in [0.717, 1.165) is 34.6 Å². The Morgan fingerprint density at radius 1 is 1.10 bits per heavy atom. The Labute approximate surface area is 178 Å². The maximum atomic E-state index is 12.9. The third kappa shape index (κ3) is 3.07. The monoisotopic (exact) mass is 422 g/mol. The minimum absolute atomic E-state index is 0.0144. The van der Waals surface area contributed by atoms with Crippen LogP contribution in [0.5, 0.6) is 0 Å². The van der Waals surface area contributed by atoms with Gasteiger partial charge in [-0.2, -0.15) is 0 Å². The van der Waals surface area contributed by atoms with Crippen LogP contribution in [0, 0.1) is 11.8 Å². The number of likely N-dealkylation sites (tertiary alicyclic amines) is 1. The van der Waals surface area contributed by atoms with Crippen molar-refractivity contribution in [3.8, 4) is 0 Å². The summed E-state index contributed by atoms with van der Waals surface area (Å²) in [5, 5.41) is 0. The number of para-hydroxylation sites is 2. The Balaban J connectivity index is 1.36. The van der Waals surface area contributed by atoms with Gasteiger partial charge in [-0.3, -0.25) is 14.2 Å². The number of nitrogens with one attached hydrogen (secondary N) is 1. The zero-order chi connectivity index (χ0) is 21.9. The molecule has 1 aromatic carbocycles. The highest BCUT2D eigenvalue weighted by molar-refractivity contribution is 5.93. The summed E-state index contributed by atoms with van der Waals surface area (Å²) in [6.45, 7) is 7.19. The zero-order valence-electron chi connectivity index (χ0n) is 17.9. The van der Waals surface area contributed by atoms with Gasteiger partial charge in [0.15, 0.2) is 0 Å². The summed E-state index contributed by atoms with van der Waals surface area (Å²) in [4.78, 5) is 48.3. The number of aromatic nitrogens is 4. The fraction of sp³-hybridized carbons (Fsp3) is 0.455. The van der Waals surface area contributed by atoms with Gasteiger partial charge < -0.3 is 19.4 Å². The van der Waals surface area contributed by atoms with Gasteiger partial charge in [-0.15, -0.1) is 0 Å². The Kier molecular flexibility index (Phi) is 4.49. The molecular formula is C22H26N6O3. The smallest absolute Gasteiger partial charge is 0.328 e. The Morgan fingerprint density at radius 3 is 2.45 bits per heavy atom. The highest BCUT2D eigenvalue weighted by Crippen LogP contribution is 2.36. The van der Waals surface area contributed by atoms with Gasteiger partial charge in [0, 0.05) is 57.3 Å². The van der Waals surface area contributed by atoms with E-state index in [4.69, 9.17) is 4.98 Å². The molecule has 162 valence electrons. The Bertz CT molecular complexity index is 1270. The van der Waals surface area contributed by atoms with Gasteiger partial charge in [0.25, 0.3) is 11.5 Å². The summed E-state index contributed by atoms with van der Waals surface area (Å²) in [7, 11) is 1.37. The van der Waals surface area contributed by atoms with E-state index in [1.807, 2.05) is 18.2 Å². The predicted octanol–water partition coefficient (Wildman–Crippen LogP) is 1.21. The average Bonchev–Trinajstić information content (AvgIpc) is 3.42. The molecule has 9 heteroatoms. The minimum Gasteiger partial charge on any atom is -0.342 e. The van der Waals surface area contributed by atoms with Crippen molar-refractivity contribution >= 4 is 22.9 Å². The number of anilines is 1. The lowest BCUT2D eigenvalue weighted by atomic mass is 10.0. The lowest BCUT2D eigenvalue weighted by Crippen LogP contribution is -2.41. The van der Waals surface area contributed by atoms with E-state index < -0.39 is 11.2 Å². The number of imidazole rings is 1. The lowest BCUT2D eigenvalue weighted by Gasteiger charge is -2.24. The van der Waals surface area contributed by atoms with Crippen molar-refractivity contribution in [3.05, 3.63) is 56.9 Å². The molecule has 2 aromatic heterocycles. The fourth-order valence-corrected chi connectivity index (χ4v) is 4.98. The van der Waals surface area contributed by atoms with Crippen LogP contribution in [0.25, 0.3) is 11.0 Å². The van der Waals surface area contributed by atoms with Gasteiger partial charge in [-0.1, -0.05) is 12.1 Å². The molecule has 2 saturated heterocycles. The summed E-state index contributed by atoms with van der Waals surface area (Å²) in [5.74, 6) is 1.33. The van der Waals surface area contributed by atoms with Gasteiger partial charge in [-0.05, 0) is 26.0 Å². The molecule has 5 rings (SSSR count). The first-order valence-corrected chi connectivity index (χ1v) is 10.6. The van der Waals surface area contributed by atoms with Crippen LogP contribution in [0.15, 0.2) is 40.1 Å². The minimum atomic E-state index is -0.557. The first-order chi connectivity index (χ1) is 14.8. The standard InChI is InChI=1S/C22H26N6O3/c1-13(2)28-18-7-5-4-6-17(18)24-21(28)27-11-14-9-26(10-15(14)12-27)20(30)16-8-23-22(31)25(3)19(16)29/h4-8,13-15H,9-12H2,1-3H3,(H,23,31). The van der Waals surface area contributed by atoms with Gasteiger partial charge >= 0.3 is 5.69 Å². The fourth-order valence-electron chi connectivity index (χ4n) is 4.98. The second kappa shape index (κ2) is 7.11. The van der Waals surface area contributed by atoms with E-state index in [9.17, 15) is 14.4 Å². The van der Waals surface area contributed by atoms with Crippen molar-refractivity contribution < 1.29 is 4.79 Å². The van der Waals surface area contributed by atoms with Crippen LogP contribution in [0.3, 0.4) is 0 Å². The average molecular weight is 422 g/mol. The first kappa shape index (κ1) is 19.6. The molecular weight excluding hydrogens is 396 g/mol. The number of nitrogens with zero attached hydrogens (tertiary/aromatic N) is 5. The van der Waals surface area contributed by atoms with Gasteiger partial charge in [0.1, 0.15) is 5.56 Å². The van der Waals surface area contributed by atoms with Gasteiger partial charge in [0.05, 0.1) is 11.0 Å². The molecule has 2 aliphatic rings. The third-order valence-corrected chi connectivity index (χ3v) is 6.56. The number of H-pyrrole nitrogens is 1. The molecule has 2 aliphatic heterocycles. The number of hydrogen-bond donors (Lipinski definition) is 1.